The highest BCUT2D eigenvalue weighted by atomic mass is 35.5. The summed E-state index contributed by atoms with van der Waals surface area (Å²) in [5, 5.41) is 15.2. The Bertz CT molecular complexity index is 984. The molecule has 0 fully saturated rings. The molecule has 0 aliphatic heterocycles. The summed E-state index contributed by atoms with van der Waals surface area (Å²) >= 11 is 6.08. The first kappa shape index (κ1) is 19.0. The van der Waals surface area contributed by atoms with Gasteiger partial charge >= 0.3 is 0 Å². The van der Waals surface area contributed by atoms with Gasteiger partial charge in [0.2, 0.25) is 5.91 Å². The first-order valence-electron chi connectivity index (χ1n) is 8.52. The van der Waals surface area contributed by atoms with E-state index in [-0.39, 0.29) is 12.5 Å². The molecule has 0 aromatic heterocycles. The molecule has 0 radical (unpaired) electrons. The highest BCUT2D eigenvalue weighted by Crippen LogP contribution is 2.24. The van der Waals surface area contributed by atoms with Crippen LogP contribution in [0.25, 0.3) is 16.8 Å². The second kappa shape index (κ2) is 8.71. The molecule has 3 aromatic carbocycles. The van der Waals surface area contributed by atoms with Crippen molar-refractivity contribution in [2.75, 3.05) is 13.7 Å². The maximum absolute atomic E-state index is 12.3. The van der Waals surface area contributed by atoms with E-state index in [0.29, 0.717) is 5.02 Å². The van der Waals surface area contributed by atoms with E-state index in [4.69, 9.17) is 16.3 Å². The average molecular weight is 382 g/mol. The Hall–Kier alpha value is -2.82. The molecule has 3 aromatic rings. The predicted octanol–water partition coefficient (Wildman–Crippen LogP) is 4.36. The Morgan fingerprint density at radius 3 is 2.67 bits per heavy atom. The molecule has 2 N–H and O–H groups in total. The molecule has 0 aliphatic rings. The lowest BCUT2D eigenvalue weighted by Crippen LogP contribution is -2.29. The molecular formula is C22H20ClNO3. The van der Waals surface area contributed by atoms with Gasteiger partial charge in [0.1, 0.15) is 5.75 Å². The number of carbonyl (C=O) groups is 1. The first-order chi connectivity index (χ1) is 13.1. The number of hydrogen-bond donors (Lipinski definition) is 2. The van der Waals surface area contributed by atoms with Crippen LogP contribution in [0.3, 0.4) is 0 Å². The van der Waals surface area contributed by atoms with E-state index in [9.17, 15) is 9.90 Å². The number of nitrogens with one attached hydrogen (secondary N) is 1. The first-order valence-corrected chi connectivity index (χ1v) is 8.90. The fourth-order valence-corrected chi connectivity index (χ4v) is 3.02. The van der Waals surface area contributed by atoms with Crippen molar-refractivity contribution in [1.29, 1.82) is 0 Å². The van der Waals surface area contributed by atoms with Crippen LogP contribution in [0.1, 0.15) is 17.2 Å². The summed E-state index contributed by atoms with van der Waals surface area (Å²) in [4.78, 5) is 12.3. The van der Waals surface area contributed by atoms with Gasteiger partial charge in [-0.2, -0.15) is 0 Å². The topological polar surface area (TPSA) is 58.6 Å². The van der Waals surface area contributed by atoms with Crippen molar-refractivity contribution in [2.24, 2.45) is 0 Å². The normalized spacial score (nSPS) is 12.3. The van der Waals surface area contributed by atoms with Crippen LogP contribution >= 0.6 is 11.6 Å². The van der Waals surface area contributed by atoms with Crippen LogP contribution in [0.2, 0.25) is 5.02 Å². The van der Waals surface area contributed by atoms with Gasteiger partial charge in [-0.05, 0) is 52.2 Å². The van der Waals surface area contributed by atoms with Crippen molar-refractivity contribution >= 4 is 34.4 Å². The number of carbonyl (C=O) groups excluding carboxylic acids is 1. The molecule has 0 saturated carbocycles. The van der Waals surface area contributed by atoms with Gasteiger partial charge in [-0.1, -0.05) is 48.0 Å². The van der Waals surface area contributed by atoms with E-state index >= 15 is 0 Å². The van der Waals surface area contributed by atoms with Gasteiger partial charge < -0.3 is 15.2 Å². The highest BCUT2D eigenvalue weighted by molar-refractivity contribution is 6.32. The SMILES string of the molecule is COc1ccc2ccc([C@H](CO)NC(=O)/C=C/c3ccccc3Cl)cc2c1. The molecule has 5 heteroatoms. The molecule has 3 rings (SSSR count). The molecule has 0 bridgehead atoms. The Balaban J connectivity index is 1.77. The van der Waals surface area contributed by atoms with Gasteiger partial charge in [-0.15, -0.1) is 0 Å². The number of ether oxygens (including phenoxy) is 1. The number of benzene rings is 3. The molecule has 0 spiro atoms. The second-order valence-corrected chi connectivity index (χ2v) is 6.48. The van der Waals surface area contributed by atoms with Crippen molar-refractivity contribution < 1.29 is 14.6 Å². The van der Waals surface area contributed by atoms with E-state index in [1.165, 1.54) is 6.08 Å². The maximum Gasteiger partial charge on any atom is 0.244 e. The van der Waals surface area contributed by atoms with E-state index in [1.807, 2.05) is 54.6 Å². The zero-order chi connectivity index (χ0) is 19.2. The minimum Gasteiger partial charge on any atom is -0.497 e. The van der Waals surface area contributed by atoms with Crippen LogP contribution in [0.4, 0.5) is 0 Å². The standard InChI is InChI=1S/C22H20ClNO3/c1-27-19-10-8-15-6-7-17(12-18(15)13-19)21(14-25)24-22(26)11-9-16-4-2-3-5-20(16)23/h2-13,21,25H,14H2,1H3,(H,24,26)/b11-9+/t21-/m0/s1. The van der Waals surface area contributed by atoms with Crippen molar-refractivity contribution in [2.45, 2.75) is 6.04 Å². The lowest BCUT2D eigenvalue weighted by Gasteiger charge is -2.16. The van der Waals surface area contributed by atoms with E-state index in [0.717, 1.165) is 27.6 Å². The van der Waals surface area contributed by atoms with Gasteiger partial charge in [-0.25, -0.2) is 0 Å². The van der Waals surface area contributed by atoms with Gasteiger partial charge in [0.05, 0.1) is 19.8 Å². The summed E-state index contributed by atoms with van der Waals surface area (Å²) in [6, 6.07) is 18.3. The fourth-order valence-electron chi connectivity index (χ4n) is 2.82. The number of aliphatic hydroxyl groups excluding tert-OH is 1. The van der Waals surface area contributed by atoms with Crippen molar-refractivity contribution in [3.05, 3.63) is 82.9 Å². The monoisotopic (exact) mass is 381 g/mol. The number of methoxy groups -OCH3 is 1. The molecule has 138 valence electrons. The molecule has 1 atom stereocenters. The van der Waals surface area contributed by atoms with E-state index in [2.05, 4.69) is 5.32 Å². The Morgan fingerprint density at radius 1 is 1.15 bits per heavy atom. The van der Waals surface area contributed by atoms with Crippen LogP contribution in [0.15, 0.2) is 66.7 Å². The van der Waals surface area contributed by atoms with Crippen molar-refractivity contribution in [3.63, 3.8) is 0 Å². The Kier molecular flexibility index (Phi) is 6.12. The fraction of sp³-hybridized carbons (Fsp3) is 0.136. The van der Waals surface area contributed by atoms with Crippen LogP contribution in [-0.2, 0) is 4.79 Å². The number of hydrogen-bond acceptors (Lipinski definition) is 3. The molecule has 0 unspecified atom stereocenters. The van der Waals surface area contributed by atoms with Crippen LogP contribution in [0, 0.1) is 0 Å². The quantitative estimate of drug-likeness (QED) is 0.623. The lowest BCUT2D eigenvalue weighted by atomic mass is 10.0. The molecular weight excluding hydrogens is 362 g/mol. The highest BCUT2D eigenvalue weighted by Gasteiger charge is 2.13. The summed E-state index contributed by atoms with van der Waals surface area (Å²) in [6.45, 7) is -0.207. The smallest absolute Gasteiger partial charge is 0.244 e. The number of fused-ring (bicyclic) bond motifs is 1. The third kappa shape index (κ3) is 4.67. The van der Waals surface area contributed by atoms with Crippen molar-refractivity contribution in [1.82, 2.24) is 5.32 Å². The maximum atomic E-state index is 12.3. The molecule has 27 heavy (non-hydrogen) atoms. The van der Waals surface area contributed by atoms with Gasteiger partial charge in [0.15, 0.2) is 0 Å². The van der Waals surface area contributed by atoms with Gasteiger partial charge in [-0.3, -0.25) is 4.79 Å². The average Bonchev–Trinajstić information content (AvgIpc) is 2.70. The molecule has 1 amide bonds. The summed E-state index contributed by atoms with van der Waals surface area (Å²) in [5.41, 5.74) is 1.57. The number of aliphatic hydroxyl groups is 1. The zero-order valence-electron chi connectivity index (χ0n) is 14.9. The summed E-state index contributed by atoms with van der Waals surface area (Å²) in [5.74, 6) is 0.451. The Labute approximate surface area is 163 Å². The molecule has 0 aliphatic carbocycles. The third-order valence-corrected chi connectivity index (χ3v) is 4.64. The van der Waals surface area contributed by atoms with E-state index < -0.39 is 6.04 Å². The predicted molar refractivity (Wildman–Crippen MR) is 109 cm³/mol. The van der Waals surface area contributed by atoms with Gasteiger partial charge in [0.25, 0.3) is 0 Å². The summed E-state index contributed by atoms with van der Waals surface area (Å²) < 4.78 is 5.26. The minimum absolute atomic E-state index is 0.207. The molecule has 4 nitrogen and oxygen atoms in total. The summed E-state index contributed by atoms with van der Waals surface area (Å²) in [6.07, 6.45) is 3.06. The molecule has 0 saturated heterocycles. The number of amides is 1. The zero-order valence-corrected chi connectivity index (χ0v) is 15.6. The second-order valence-electron chi connectivity index (χ2n) is 6.07. The third-order valence-electron chi connectivity index (χ3n) is 4.29. The largest absolute Gasteiger partial charge is 0.497 e. The minimum atomic E-state index is -0.510. The van der Waals surface area contributed by atoms with Crippen molar-refractivity contribution in [3.8, 4) is 5.75 Å². The van der Waals surface area contributed by atoms with Gasteiger partial charge in [0, 0.05) is 11.1 Å². The number of halogens is 1. The van der Waals surface area contributed by atoms with Crippen LogP contribution < -0.4 is 10.1 Å². The number of rotatable bonds is 6. The lowest BCUT2D eigenvalue weighted by molar-refractivity contribution is -0.117. The van der Waals surface area contributed by atoms with Crippen LogP contribution in [-0.4, -0.2) is 24.7 Å². The van der Waals surface area contributed by atoms with E-state index in [1.54, 1.807) is 19.3 Å². The molecule has 0 heterocycles. The van der Waals surface area contributed by atoms with Crippen LogP contribution in [0.5, 0.6) is 5.75 Å². The Morgan fingerprint density at radius 2 is 1.93 bits per heavy atom. The summed E-state index contributed by atoms with van der Waals surface area (Å²) in [7, 11) is 1.62.